The molecule has 0 spiro atoms. The molecule has 0 radical (unpaired) electrons. The fourth-order valence-corrected chi connectivity index (χ4v) is 3.66. The number of aliphatic carboxylic acids is 1. The molecule has 6 heteroatoms. The Morgan fingerprint density at radius 1 is 1.53 bits per heavy atom. The Morgan fingerprint density at radius 3 is 2.84 bits per heavy atom. The number of ether oxygens (including phenoxy) is 2. The smallest absolute Gasteiger partial charge is 0.320 e. The molecule has 2 heterocycles. The highest BCUT2D eigenvalue weighted by atomic mass is 32.2. The van der Waals surface area contributed by atoms with Gasteiger partial charge in [0.2, 0.25) is 0 Å². The summed E-state index contributed by atoms with van der Waals surface area (Å²) in [4.78, 5) is 15.8. The average molecular weight is 283 g/mol. The van der Waals surface area contributed by atoms with Gasteiger partial charge in [-0.1, -0.05) is 0 Å². The molecule has 0 aliphatic carbocycles. The number of rotatable bonds is 5. The normalized spacial score (nSPS) is 22.2. The summed E-state index contributed by atoms with van der Waals surface area (Å²) in [5.74, 6) is 1.20. The maximum Gasteiger partial charge on any atom is 0.320 e. The van der Waals surface area contributed by atoms with Gasteiger partial charge in [-0.2, -0.15) is 0 Å². The van der Waals surface area contributed by atoms with E-state index in [1.807, 2.05) is 0 Å². The standard InChI is InChI=1S/C13H17NO4S/c1-17-10-4-6-14-9(11(10)18-2)8-13(12(15)16)5-3-7-19-13/h4,6H,3,5,7-8H2,1-2H3,(H,15,16). The Morgan fingerprint density at radius 2 is 2.32 bits per heavy atom. The van der Waals surface area contributed by atoms with Gasteiger partial charge in [-0.25, -0.2) is 0 Å². The van der Waals surface area contributed by atoms with E-state index in [2.05, 4.69) is 4.98 Å². The minimum atomic E-state index is -0.785. The Labute approximate surface area is 116 Å². The van der Waals surface area contributed by atoms with Gasteiger partial charge >= 0.3 is 5.97 Å². The van der Waals surface area contributed by atoms with E-state index in [1.54, 1.807) is 19.4 Å². The third-order valence-electron chi connectivity index (χ3n) is 3.31. The van der Waals surface area contributed by atoms with Crippen LogP contribution in [0.4, 0.5) is 0 Å². The molecule has 0 aromatic carbocycles. The van der Waals surface area contributed by atoms with E-state index in [4.69, 9.17) is 9.47 Å². The highest BCUT2D eigenvalue weighted by Gasteiger charge is 2.43. The molecule has 0 amide bonds. The largest absolute Gasteiger partial charge is 0.493 e. The summed E-state index contributed by atoms with van der Waals surface area (Å²) in [6, 6.07) is 1.71. The summed E-state index contributed by atoms with van der Waals surface area (Å²) in [5.41, 5.74) is 0.638. The summed E-state index contributed by atoms with van der Waals surface area (Å²) in [6.07, 6.45) is 3.55. The Bertz CT molecular complexity index is 472. The van der Waals surface area contributed by atoms with Gasteiger partial charge in [-0.3, -0.25) is 9.78 Å². The third-order valence-corrected chi connectivity index (χ3v) is 4.88. The lowest BCUT2D eigenvalue weighted by atomic mass is 9.96. The van der Waals surface area contributed by atoms with E-state index in [1.165, 1.54) is 18.9 Å². The first-order valence-corrected chi connectivity index (χ1v) is 7.05. The fourth-order valence-electron chi connectivity index (χ4n) is 2.33. The van der Waals surface area contributed by atoms with Crippen LogP contribution in [0, 0.1) is 0 Å². The molecule has 104 valence electrons. The lowest BCUT2D eigenvalue weighted by molar-refractivity contribution is -0.139. The van der Waals surface area contributed by atoms with Crippen LogP contribution < -0.4 is 9.47 Å². The van der Waals surface area contributed by atoms with Gasteiger partial charge in [-0.15, -0.1) is 11.8 Å². The minimum Gasteiger partial charge on any atom is -0.493 e. The lowest BCUT2D eigenvalue weighted by Crippen LogP contribution is -2.35. The number of carboxylic acids is 1. The van der Waals surface area contributed by atoms with Crippen LogP contribution in [-0.4, -0.2) is 40.8 Å². The van der Waals surface area contributed by atoms with Gasteiger partial charge < -0.3 is 14.6 Å². The van der Waals surface area contributed by atoms with E-state index in [0.29, 0.717) is 30.0 Å². The molecule has 1 N–H and O–H groups in total. The van der Waals surface area contributed by atoms with Gasteiger partial charge in [0.25, 0.3) is 0 Å². The number of nitrogens with zero attached hydrogens (tertiary/aromatic N) is 1. The predicted molar refractivity (Wildman–Crippen MR) is 73.1 cm³/mol. The second kappa shape index (κ2) is 5.69. The third kappa shape index (κ3) is 2.63. The van der Waals surface area contributed by atoms with E-state index in [0.717, 1.165) is 12.2 Å². The maximum atomic E-state index is 11.6. The molecular weight excluding hydrogens is 266 g/mol. The number of methoxy groups -OCH3 is 2. The zero-order chi connectivity index (χ0) is 13.9. The quantitative estimate of drug-likeness (QED) is 0.891. The lowest BCUT2D eigenvalue weighted by Gasteiger charge is -2.23. The van der Waals surface area contributed by atoms with Crippen molar-refractivity contribution >= 4 is 17.7 Å². The van der Waals surface area contributed by atoms with Crippen LogP contribution in [0.3, 0.4) is 0 Å². The second-order valence-corrected chi connectivity index (χ2v) is 5.90. The molecule has 19 heavy (non-hydrogen) atoms. The van der Waals surface area contributed by atoms with E-state index in [-0.39, 0.29) is 0 Å². The van der Waals surface area contributed by atoms with Gasteiger partial charge in [0.05, 0.1) is 19.9 Å². The molecule has 1 unspecified atom stereocenters. The average Bonchev–Trinajstić information content (AvgIpc) is 2.88. The summed E-state index contributed by atoms with van der Waals surface area (Å²) in [5, 5.41) is 9.49. The molecule has 0 bridgehead atoms. The van der Waals surface area contributed by atoms with Gasteiger partial charge in [-0.05, 0) is 18.6 Å². The first kappa shape index (κ1) is 14.0. The van der Waals surface area contributed by atoms with Crippen LogP contribution in [0.25, 0.3) is 0 Å². The monoisotopic (exact) mass is 283 g/mol. The molecule has 1 fully saturated rings. The van der Waals surface area contributed by atoms with Crippen LogP contribution in [0.1, 0.15) is 18.5 Å². The van der Waals surface area contributed by atoms with Crippen molar-refractivity contribution in [1.29, 1.82) is 0 Å². The maximum absolute atomic E-state index is 11.6. The number of hydrogen-bond donors (Lipinski definition) is 1. The molecule has 1 aromatic heterocycles. The van der Waals surface area contributed by atoms with Crippen molar-refractivity contribution in [2.75, 3.05) is 20.0 Å². The van der Waals surface area contributed by atoms with Crippen molar-refractivity contribution in [3.8, 4) is 11.5 Å². The zero-order valence-corrected chi connectivity index (χ0v) is 11.8. The molecular formula is C13H17NO4S. The summed E-state index contributed by atoms with van der Waals surface area (Å²) in [6.45, 7) is 0. The Balaban J connectivity index is 2.34. The summed E-state index contributed by atoms with van der Waals surface area (Å²) in [7, 11) is 3.09. The number of carbonyl (C=O) groups is 1. The van der Waals surface area contributed by atoms with E-state index < -0.39 is 10.7 Å². The van der Waals surface area contributed by atoms with Gasteiger partial charge in [0.1, 0.15) is 4.75 Å². The Kier molecular flexibility index (Phi) is 4.19. The van der Waals surface area contributed by atoms with Crippen molar-refractivity contribution in [2.45, 2.75) is 24.0 Å². The number of thioether (sulfide) groups is 1. The molecule has 5 nitrogen and oxygen atoms in total. The van der Waals surface area contributed by atoms with Crippen molar-refractivity contribution in [3.63, 3.8) is 0 Å². The van der Waals surface area contributed by atoms with Crippen molar-refractivity contribution in [3.05, 3.63) is 18.0 Å². The van der Waals surface area contributed by atoms with E-state index in [9.17, 15) is 9.90 Å². The zero-order valence-electron chi connectivity index (χ0n) is 11.0. The van der Waals surface area contributed by atoms with Crippen LogP contribution in [0.5, 0.6) is 11.5 Å². The molecule has 1 atom stereocenters. The molecule has 1 aliphatic rings. The SMILES string of the molecule is COc1ccnc(CC2(C(=O)O)CCCS2)c1OC. The first-order valence-electron chi connectivity index (χ1n) is 6.06. The van der Waals surface area contributed by atoms with Crippen molar-refractivity contribution in [1.82, 2.24) is 4.98 Å². The second-order valence-electron chi connectivity index (χ2n) is 4.42. The highest BCUT2D eigenvalue weighted by Crippen LogP contribution is 2.43. The van der Waals surface area contributed by atoms with Crippen LogP contribution in [0.2, 0.25) is 0 Å². The number of pyridine rings is 1. The Hall–Kier alpha value is -1.43. The molecule has 1 saturated heterocycles. The minimum absolute atomic E-state index is 0.355. The van der Waals surface area contributed by atoms with Crippen molar-refractivity contribution in [2.24, 2.45) is 0 Å². The highest BCUT2D eigenvalue weighted by molar-refractivity contribution is 8.01. The molecule has 2 rings (SSSR count). The van der Waals surface area contributed by atoms with Gasteiger partial charge in [0.15, 0.2) is 11.5 Å². The van der Waals surface area contributed by atoms with E-state index >= 15 is 0 Å². The molecule has 0 saturated carbocycles. The number of aromatic nitrogens is 1. The molecule has 1 aromatic rings. The van der Waals surface area contributed by atoms with Crippen LogP contribution in [0.15, 0.2) is 12.3 Å². The predicted octanol–water partition coefficient (Wildman–Crippen LogP) is 1.99. The topological polar surface area (TPSA) is 68.7 Å². The van der Waals surface area contributed by atoms with Crippen LogP contribution in [-0.2, 0) is 11.2 Å². The summed E-state index contributed by atoms with van der Waals surface area (Å²) < 4.78 is 9.74. The molecule has 1 aliphatic heterocycles. The van der Waals surface area contributed by atoms with Crippen molar-refractivity contribution < 1.29 is 19.4 Å². The number of carboxylic acid groups (broad SMARTS) is 1. The summed E-state index contributed by atoms with van der Waals surface area (Å²) >= 11 is 1.49. The first-order chi connectivity index (χ1) is 9.13. The van der Waals surface area contributed by atoms with Crippen LogP contribution >= 0.6 is 11.8 Å². The number of hydrogen-bond acceptors (Lipinski definition) is 5. The fraction of sp³-hybridized carbons (Fsp3) is 0.538. The van der Waals surface area contributed by atoms with Gasteiger partial charge in [0, 0.05) is 18.7 Å².